The van der Waals surface area contributed by atoms with Crippen LogP contribution in [0.1, 0.15) is 44.0 Å². The minimum Gasteiger partial charge on any atom is -0.394 e. The highest BCUT2D eigenvalue weighted by molar-refractivity contribution is 5.37. The van der Waals surface area contributed by atoms with Gasteiger partial charge in [0.2, 0.25) is 0 Å². The van der Waals surface area contributed by atoms with Crippen molar-refractivity contribution in [2.24, 2.45) is 5.92 Å². The number of rotatable bonds is 3. The van der Waals surface area contributed by atoms with Gasteiger partial charge in [-0.1, -0.05) is 19.8 Å². The summed E-state index contributed by atoms with van der Waals surface area (Å²) < 4.78 is 0. The summed E-state index contributed by atoms with van der Waals surface area (Å²) in [4.78, 5) is 8.82. The maximum absolute atomic E-state index is 9.73. The quantitative estimate of drug-likeness (QED) is 0.864. The molecule has 2 rings (SSSR count). The van der Waals surface area contributed by atoms with Gasteiger partial charge >= 0.3 is 0 Å². The number of aromatic nitrogens is 2. The van der Waals surface area contributed by atoms with Crippen LogP contribution in [0.2, 0.25) is 0 Å². The summed E-state index contributed by atoms with van der Waals surface area (Å²) in [5, 5.41) is 13.2. The Morgan fingerprint density at radius 3 is 2.83 bits per heavy atom. The molecule has 1 aliphatic rings. The first-order chi connectivity index (χ1) is 8.54. The molecule has 0 aliphatic heterocycles. The van der Waals surface area contributed by atoms with Crippen molar-refractivity contribution in [2.45, 2.75) is 52.0 Å². The highest BCUT2D eigenvalue weighted by Gasteiger charge is 2.34. The molecule has 0 aromatic carbocycles. The van der Waals surface area contributed by atoms with Crippen LogP contribution in [0.5, 0.6) is 0 Å². The molecule has 18 heavy (non-hydrogen) atoms. The fourth-order valence-electron chi connectivity index (χ4n) is 2.83. The number of nitrogens with zero attached hydrogens (tertiary/aromatic N) is 2. The molecular formula is C14H23N3O. The molecule has 1 heterocycles. The van der Waals surface area contributed by atoms with E-state index in [-0.39, 0.29) is 12.1 Å². The van der Waals surface area contributed by atoms with Gasteiger partial charge in [-0.05, 0) is 32.6 Å². The summed E-state index contributed by atoms with van der Waals surface area (Å²) in [6.45, 7) is 6.32. The molecular weight excluding hydrogens is 226 g/mol. The van der Waals surface area contributed by atoms with E-state index < -0.39 is 0 Å². The molecule has 0 bridgehead atoms. The van der Waals surface area contributed by atoms with Crippen molar-refractivity contribution in [1.82, 2.24) is 9.97 Å². The summed E-state index contributed by atoms with van der Waals surface area (Å²) >= 11 is 0. The number of nitrogens with one attached hydrogen (secondary N) is 1. The van der Waals surface area contributed by atoms with Gasteiger partial charge < -0.3 is 10.4 Å². The van der Waals surface area contributed by atoms with Gasteiger partial charge in [0, 0.05) is 0 Å². The van der Waals surface area contributed by atoms with Gasteiger partial charge in [0.25, 0.3) is 0 Å². The number of hydrogen-bond donors (Lipinski definition) is 2. The number of aliphatic hydroxyl groups excluding tert-OH is 1. The predicted octanol–water partition coefficient (Wildman–Crippen LogP) is 2.45. The fourth-order valence-corrected chi connectivity index (χ4v) is 2.83. The van der Waals surface area contributed by atoms with Gasteiger partial charge in [-0.2, -0.15) is 0 Å². The molecule has 1 fully saturated rings. The van der Waals surface area contributed by atoms with Crippen LogP contribution < -0.4 is 5.32 Å². The molecule has 1 aromatic rings. The van der Waals surface area contributed by atoms with Crippen molar-refractivity contribution in [3.8, 4) is 0 Å². The van der Waals surface area contributed by atoms with Gasteiger partial charge in [0.15, 0.2) is 0 Å². The van der Waals surface area contributed by atoms with E-state index in [0.29, 0.717) is 5.92 Å². The van der Waals surface area contributed by atoms with Crippen molar-refractivity contribution in [3.05, 3.63) is 17.6 Å². The third kappa shape index (κ3) is 2.80. The molecule has 1 saturated carbocycles. The largest absolute Gasteiger partial charge is 0.394 e. The lowest BCUT2D eigenvalue weighted by atomic mass is 9.77. The van der Waals surface area contributed by atoms with Crippen molar-refractivity contribution in [3.63, 3.8) is 0 Å². The zero-order chi connectivity index (χ0) is 13.2. The molecule has 2 atom stereocenters. The lowest BCUT2D eigenvalue weighted by Gasteiger charge is -2.39. The Bertz CT molecular complexity index is 422. The Hall–Kier alpha value is -1.16. The van der Waals surface area contributed by atoms with Crippen molar-refractivity contribution in [1.29, 1.82) is 0 Å². The fraction of sp³-hybridized carbons (Fsp3) is 0.714. The van der Waals surface area contributed by atoms with Crippen LogP contribution in [-0.2, 0) is 0 Å². The molecule has 0 spiro atoms. The third-order valence-corrected chi connectivity index (χ3v) is 3.98. The third-order valence-electron chi connectivity index (χ3n) is 3.98. The highest BCUT2D eigenvalue weighted by Crippen LogP contribution is 2.34. The van der Waals surface area contributed by atoms with Gasteiger partial charge in [-0.25, -0.2) is 4.98 Å². The summed E-state index contributed by atoms with van der Waals surface area (Å²) in [6, 6.07) is 0. The molecule has 2 unspecified atom stereocenters. The van der Waals surface area contributed by atoms with Crippen LogP contribution in [0.4, 0.5) is 5.82 Å². The van der Waals surface area contributed by atoms with Gasteiger partial charge in [0.1, 0.15) is 5.82 Å². The molecule has 2 N–H and O–H groups in total. The lowest BCUT2D eigenvalue weighted by molar-refractivity contribution is 0.149. The second-order valence-corrected chi connectivity index (χ2v) is 5.69. The molecule has 0 radical (unpaired) electrons. The Balaban J connectivity index is 2.16. The van der Waals surface area contributed by atoms with Gasteiger partial charge in [-0.3, -0.25) is 4.98 Å². The summed E-state index contributed by atoms with van der Waals surface area (Å²) in [6.07, 6.45) is 6.18. The second-order valence-electron chi connectivity index (χ2n) is 5.69. The minimum absolute atomic E-state index is 0.159. The normalized spacial score (nSPS) is 28.1. The number of hydrogen-bond acceptors (Lipinski definition) is 4. The first-order valence-corrected chi connectivity index (χ1v) is 6.74. The summed E-state index contributed by atoms with van der Waals surface area (Å²) in [7, 11) is 0. The van der Waals surface area contributed by atoms with Crippen LogP contribution in [0, 0.1) is 19.8 Å². The van der Waals surface area contributed by atoms with Gasteiger partial charge in [-0.15, -0.1) is 0 Å². The smallest absolute Gasteiger partial charge is 0.145 e. The Kier molecular flexibility index (Phi) is 3.85. The first kappa shape index (κ1) is 13.3. The topological polar surface area (TPSA) is 58.0 Å². The van der Waals surface area contributed by atoms with Crippen LogP contribution in [0.25, 0.3) is 0 Å². The van der Waals surface area contributed by atoms with Crippen LogP contribution in [0.15, 0.2) is 6.20 Å². The van der Waals surface area contributed by atoms with E-state index in [1.165, 1.54) is 6.42 Å². The van der Waals surface area contributed by atoms with Crippen LogP contribution >= 0.6 is 0 Å². The average Bonchev–Trinajstić information content (AvgIpc) is 2.34. The van der Waals surface area contributed by atoms with E-state index >= 15 is 0 Å². The number of aliphatic hydroxyl groups is 1. The predicted molar refractivity (Wildman–Crippen MR) is 72.6 cm³/mol. The maximum Gasteiger partial charge on any atom is 0.145 e. The minimum atomic E-state index is -0.214. The average molecular weight is 249 g/mol. The molecule has 4 heteroatoms. The summed E-state index contributed by atoms with van der Waals surface area (Å²) in [5.41, 5.74) is 1.68. The SMILES string of the molecule is Cc1ncc(NC2(CO)CCCC(C)C2)nc1C. The molecule has 1 aromatic heterocycles. The zero-order valence-electron chi connectivity index (χ0n) is 11.5. The zero-order valence-corrected chi connectivity index (χ0v) is 11.5. The van der Waals surface area contributed by atoms with E-state index in [9.17, 15) is 5.11 Å². The van der Waals surface area contributed by atoms with E-state index in [4.69, 9.17) is 0 Å². The van der Waals surface area contributed by atoms with Crippen LogP contribution in [-0.4, -0.2) is 27.2 Å². The van der Waals surface area contributed by atoms with E-state index in [1.54, 1.807) is 6.20 Å². The molecule has 0 saturated heterocycles. The Labute approximate surface area is 109 Å². The molecule has 100 valence electrons. The van der Waals surface area contributed by atoms with E-state index in [1.807, 2.05) is 13.8 Å². The van der Waals surface area contributed by atoms with E-state index in [0.717, 1.165) is 36.5 Å². The second kappa shape index (κ2) is 5.22. The molecule has 1 aliphatic carbocycles. The Morgan fingerprint density at radius 1 is 1.44 bits per heavy atom. The standard InChI is InChI=1S/C14H23N3O/c1-10-5-4-6-14(7-10,9-18)17-13-8-15-11(2)12(3)16-13/h8,10,18H,4-7,9H2,1-3H3,(H,16,17). The maximum atomic E-state index is 9.73. The van der Waals surface area contributed by atoms with Gasteiger partial charge in [0.05, 0.1) is 29.7 Å². The van der Waals surface area contributed by atoms with Crippen molar-refractivity contribution < 1.29 is 5.11 Å². The number of aryl methyl sites for hydroxylation is 2. The summed E-state index contributed by atoms with van der Waals surface area (Å²) in [5.74, 6) is 1.43. The van der Waals surface area contributed by atoms with Crippen molar-refractivity contribution >= 4 is 5.82 Å². The number of anilines is 1. The lowest BCUT2D eigenvalue weighted by Crippen LogP contribution is -2.46. The van der Waals surface area contributed by atoms with E-state index in [2.05, 4.69) is 22.2 Å². The Morgan fingerprint density at radius 2 is 2.22 bits per heavy atom. The van der Waals surface area contributed by atoms with Crippen molar-refractivity contribution in [2.75, 3.05) is 11.9 Å². The highest BCUT2D eigenvalue weighted by atomic mass is 16.3. The first-order valence-electron chi connectivity index (χ1n) is 6.74. The molecule has 0 amide bonds. The molecule has 4 nitrogen and oxygen atoms in total. The van der Waals surface area contributed by atoms with Crippen LogP contribution in [0.3, 0.4) is 0 Å². The monoisotopic (exact) mass is 249 g/mol.